The van der Waals surface area contributed by atoms with Crippen LogP contribution in [0.15, 0.2) is 11.1 Å². The lowest BCUT2D eigenvalue weighted by atomic mass is 9.98. The Kier molecular flexibility index (Phi) is 15.8. The van der Waals surface area contributed by atoms with Crippen molar-refractivity contribution in [2.45, 2.75) is 106 Å². The fraction of sp³-hybridized carbons (Fsp3) is 0.833. The van der Waals surface area contributed by atoms with E-state index >= 15 is 0 Å². The molecule has 28 heavy (non-hydrogen) atoms. The van der Waals surface area contributed by atoms with Gasteiger partial charge in [-0.2, -0.15) is 0 Å². The topological polar surface area (TPSA) is 52.6 Å². The highest BCUT2D eigenvalue weighted by Gasteiger charge is 2.22. The molecule has 0 bridgehead atoms. The van der Waals surface area contributed by atoms with E-state index in [-0.39, 0.29) is 23.8 Å². The second-order valence-corrected chi connectivity index (χ2v) is 8.52. The molecule has 0 aliphatic rings. The van der Waals surface area contributed by atoms with Crippen LogP contribution in [-0.4, -0.2) is 25.2 Å². The highest BCUT2D eigenvalue weighted by atomic mass is 16.5. The van der Waals surface area contributed by atoms with E-state index in [1.807, 2.05) is 34.6 Å². The first kappa shape index (κ1) is 26.7. The van der Waals surface area contributed by atoms with Crippen molar-refractivity contribution in [2.24, 2.45) is 11.8 Å². The van der Waals surface area contributed by atoms with Crippen molar-refractivity contribution in [3.05, 3.63) is 11.1 Å². The summed E-state index contributed by atoms with van der Waals surface area (Å²) in [5.41, 5.74) is 1.00. The Morgan fingerprint density at radius 3 is 1.50 bits per heavy atom. The molecular weight excluding hydrogens is 352 g/mol. The van der Waals surface area contributed by atoms with Gasteiger partial charge in [-0.15, -0.1) is 0 Å². The van der Waals surface area contributed by atoms with E-state index in [0.29, 0.717) is 37.2 Å². The Bertz CT molecular complexity index is 463. The second kappa shape index (κ2) is 16.6. The minimum absolute atomic E-state index is 0.270. The van der Waals surface area contributed by atoms with Crippen molar-refractivity contribution >= 4 is 11.9 Å². The first-order valence-corrected chi connectivity index (χ1v) is 11.4. The first-order valence-electron chi connectivity index (χ1n) is 11.4. The predicted molar refractivity (Wildman–Crippen MR) is 116 cm³/mol. The molecule has 0 aliphatic carbocycles. The molecule has 0 amide bonds. The Morgan fingerprint density at radius 1 is 0.643 bits per heavy atom. The van der Waals surface area contributed by atoms with Crippen LogP contribution in [0.25, 0.3) is 0 Å². The summed E-state index contributed by atoms with van der Waals surface area (Å²) in [6, 6.07) is 0. The van der Waals surface area contributed by atoms with E-state index in [9.17, 15) is 9.59 Å². The lowest BCUT2D eigenvalue weighted by Crippen LogP contribution is -2.19. The molecule has 0 spiro atoms. The number of unbranched alkanes of at least 4 members (excludes halogenated alkanes) is 7. The van der Waals surface area contributed by atoms with Gasteiger partial charge in [-0.05, 0) is 31.1 Å². The van der Waals surface area contributed by atoms with Crippen LogP contribution in [0, 0.1) is 11.8 Å². The molecule has 0 aromatic heterocycles. The molecule has 0 saturated carbocycles. The lowest BCUT2D eigenvalue weighted by molar-refractivity contribution is -0.143. The highest BCUT2D eigenvalue weighted by molar-refractivity contribution is 6.00. The average molecular weight is 397 g/mol. The summed E-state index contributed by atoms with van der Waals surface area (Å²) >= 11 is 0. The number of carbonyl (C=O) groups is 2. The molecule has 0 aliphatic heterocycles. The van der Waals surface area contributed by atoms with Crippen LogP contribution in [0.4, 0.5) is 0 Å². The van der Waals surface area contributed by atoms with E-state index in [2.05, 4.69) is 6.92 Å². The number of carbonyl (C=O) groups excluding carboxylic acids is 2. The van der Waals surface area contributed by atoms with Gasteiger partial charge >= 0.3 is 11.9 Å². The number of esters is 2. The molecule has 4 heteroatoms. The molecule has 0 fully saturated rings. The van der Waals surface area contributed by atoms with Gasteiger partial charge in [-0.25, -0.2) is 9.59 Å². The molecule has 0 aromatic carbocycles. The van der Waals surface area contributed by atoms with Crippen molar-refractivity contribution in [2.75, 3.05) is 13.2 Å². The smallest absolute Gasteiger partial charge is 0.334 e. The minimum atomic E-state index is -0.368. The molecule has 0 aromatic rings. The van der Waals surface area contributed by atoms with Crippen molar-refractivity contribution in [1.29, 1.82) is 0 Å². The Labute approximate surface area is 173 Å². The van der Waals surface area contributed by atoms with Crippen LogP contribution in [0.1, 0.15) is 106 Å². The molecule has 0 rings (SSSR count). The van der Waals surface area contributed by atoms with Crippen LogP contribution in [0.5, 0.6) is 0 Å². The van der Waals surface area contributed by atoms with Gasteiger partial charge in [-0.1, -0.05) is 86.5 Å². The average Bonchev–Trinajstić information content (AvgIpc) is 2.65. The minimum Gasteiger partial charge on any atom is -0.462 e. The van der Waals surface area contributed by atoms with E-state index in [1.54, 1.807) is 0 Å². The van der Waals surface area contributed by atoms with Crippen LogP contribution >= 0.6 is 0 Å². The lowest BCUT2D eigenvalue weighted by Gasteiger charge is -2.15. The molecule has 4 nitrogen and oxygen atoms in total. The van der Waals surface area contributed by atoms with Crippen LogP contribution in [0.3, 0.4) is 0 Å². The fourth-order valence-electron chi connectivity index (χ4n) is 2.95. The fourth-order valence-corrected chi connectivity index (χ4v) is 2.95. The maximum absolute atomic E-state index is 12.6. The summed E-state index contributed by atoms with van der Waals surface area (Å²) in [6.07, 6.45) is 10.6. The molecule has 0 heterocycles. The van der Waals surface area contributed by atoms with E-state index in [4.69, 9.17) is 9.47 Å². The zero-order valence-electron chi connectivity index (χ0n) is 19.3. The van der Waals surface area contributed by atoms with E-state index in [1.165, 1.54) is 38.5 Å². The summed E-state index contributed by atoms with van der Waals surface area (Å²) in [6.45, 7) is 12.9. The maximum Gasteiger partial charge on any atom is 0.334 e. The predicted octanol–water partition coefficient (Wildman–Crippen LogP) is 6.62. The van der Waals surface area contributed by atoms with E-state index < -0.39 is 0 Å². The molecule has 0 N–H and O–H groups in total. The van der Waals surface area contributed by atoms with Crippen molar-refractivity contribution in [3.63, 3.8) is 0 Å². The van der Waals surface area contributed by atoms with Crippen LogP contribution in [-0.2, 0) is 19.1 Å². The number of hydrogen-bond acceptors (Lipinski definition) is 4. The molecular formula is C24H44O4. The Morgan fingerprint density at radius 2 is 1.07 bits per heavy atom. The van der Waals surface area contributed by atoms with Gasteiger partial charge in [0.15, 0.2) is 0 Å². The first-order chi connectivity index (χ1) is 13.3. The molecule has 0 radical (unpaired) electrons. The summed E-state index contributed by atoms with van der Waals surface area (Å²) in [5, 5.41) is 0. The van der Waals surface area contributed by atoms with Gasteiger partial charge in [0, 0.05) is 11.1 Å². The second-order valence-electron chi connectivity index (χ2n) is 8.52. The quantitative estimate of drug-likeness (QED) is 0.167. The van der Waals surface area contributed by atoms with Gasteiger partial charge < -0.3 is 9.47 Å². The Balaban J connectivity index is 4.87. The van der Waals surface area contributed by atoms with Gasteiger partial charge in [-0.3, -0.25) is 0 Å². The van der Waals surface area contributed by atoms with Crippen molar-refractivity contribution in [1.82, 2.24) is 0 Å². The SMILES string of the molecule is CCCCCCCCCC/C(C(=O)OCC(C)C)=C(\CC)C(=O)OCC(C)C. The zero-order chi connectivity index (χ0) is 21.4. The largest absolute Gasteiger partial charge is 0.462 e. The summed E-state index contributed by atoms with van der Waals surface area (Å²) in [7, 11) is 0. The molecule has 164 valence electrons. The number of ether oxygens (including phenoxy) is 2. The Hall–Kier alpha value is -1.32. The zero-order valence-corrected chi connectivity index (χ0v) is 19.3. The highest BCUT2D eigenvalue weighted by Crippen LogP contribution is 2.21. The standard InChI is InChI=1S/C24H44O4/c1-7-9-10-11-12-13-14-15-16-22(24(26)28-18-20(5)6)21(8-2)23(25)27-17-19(3)4/h19-20H,7-18H2,1-6H3/b22-21-. The van der Waals surface area contributed by atoms with Crippen LogP contribution < -0.4 is 0 Å². The maximum atomic E-state index is 12.6. The van der Waals surface area contributed by atoms with Crippen LogP contribution in [0.2, 0.25) is 0 Å². The number of hydrogen-bond donors (Lipinski definition) is 0. The van der Waals surface area contributed by atoms with Gasteiger partial charge in [0.1, 0.15) is 0 Å². The summed E-state index contributed by atoms with van der Waals surface area (Å²) in [4.78, 5) is 25.2. The van der Waals surface area contributed by atoms with Crippen molar-refractivity contribution < 1.29 is 19.1 Å². The third-order valence-corrected chi connectivity index (χ3v) is 4.59. The molecule has 0 unspecified atom stereocenters. The third-order valence-electron chi connectivity index (χ3n) is 4.59. The number of rotatable bonds is 16. The summed E-state index contributed by atoms with van der Waals surface area (Å²) < 4.78 is 10.8. The van der Waals surface area contributed by atoms with Gasteiger partial charge in [0.05, 0.1) is 13.2 Å². The van der Waals surface area contributed by atoms with E-state index in [0.717, 1.165) is 12.8 Å². The monoisotopic (exact) mass is 396 g/mol. The third kappa shape index (κ3) is 13.0. The van der Waals surface area contributed by atoms with Gasteiger partial charge in [0.25, 0.3) is 0 Å². The normalized spacial score (nSPS) is 12.3. The molecule has 0 saturated heterocycles. The molecule has 0 atom stereocenters. The summed E-state index contributed by atoms with van der Waals surface area (Å²) in [5.74, 6) is -0.181. The van der Waals surface area contributed by atoms with Crippen molar-refractivity contribution in [3.8, 4) is 0 Å². The van der Waals surface area contributed by atoms with Gasteiger partial charge in [0.2, 0.25) is 0 Å².